The van der Waals surface area contributed by atoms with Crippen LogP contribution in [0.4, 0.5) is 5.69 Å². The van der Waals surface area contributed by atoms with Crippen LogP contribution in [0.5, 0.6) is 0 Å². The summed E-state index contributed by atoms with van der Waals surface area (Å²) < 4.78 is 0. The van der Waals surface area contributed by atoms with Gasteiger partial charge in [-0.25, -0.2) is 0 Å². The summed E-state index contributed by atoms with van der Waals surface area (Å²) in [5.41, 5.74) is 1.46. The Morgan fingerprint density at radius 2 is 1.64 bits per heavy atom. The molecule has 3 rings (SSSR count). The Morgan fingerprint density at radius 1 is 0.909 bits per heavy atom. The van der Waals surface area contributed by atoms with E-state index in [1.807, 2.05) is 60.7 Å². The number of carbonyl (C=O) groups excluding carboxylic acids is 1. The number of halogens is 1. The third-order valence-corrected chi connectivity index (χ3v) is 3.73. The Bertz CT molecular complexity index is 849. The maximum atomic E-state index is 12.4. The number of carbonyl (C=O) groups is 1. The Hall–Kier alpha value is -2.58. The highest BCUT2D eigenvalue weighted by molar-refractivity contribution is 6.33. The molecular weight excluding hydrogens is 294 g/mol. The smallest absolute Gasteiger partial charge is 0.187 e. The highest BCUT2D eigenvalue weighted by atomic mass is 35.5. The lowest BCUT2D eigenvalue weighted by atomic mass is 10.0. The quantitative estimate of drug-likeness (QED) is 0.523. The number of allylic oxidation sites excluding steroid dienone is 1. The maximum Gasteiger partial charge on any atom is 0.187 e. The molecule has 0 unspecified atom stereocenters. The molecule has 0 amide bonds. The summed E-state index contributed by atoms with van der Waals surface area (Å²) in [5, 5.41) is 5.66. The third-order valence-electron chi connectivity index (χ3n) is 3.40. The summed E-state index contributed by atoms with van der Waals surface area (Å²) in [6.07, 6.45) is 3.14. The summed E-state index contributed by atoms with van der Waals surface area (Å²) >= 11 is 6.05. The van der Waals surface area contributed by atoms with E-state index in [4.69, 9.17) is 11.6 Å². The molecule has 0 aromatic heterocycles. The Balaban J connectivity index is 1.82. The fourth-order valence-electron chi connectivity index (χ4n) is 2.32. The first-order valence-electron chi connectivity index (χ1n) is 6.95. The number of para-hydroxylation sites is 1. The molecule has 3 aromatic rings. The molecule has 0 saturated carbocycles. The molecule has 0 atom stereocenters. The third kappa shape index (κ3) is 3.02. The van der Waals surface area contributed by atoms with Crippen LogP contribution in [0.15, 0.2) is 79.0 Å². The van der Waals surface area contributed by atoms with Crippen molar-refractivity contribution in [3.63, 3.8) is 0 Å². The van der Waals surface area contributed by atoms with Crippen LogP contribution >= 0.6 is 11.6 Å². The lowest BCUT2D eigenvalue weighted by molar-refractivity contribution is 0.104. The Morgan fingerprint density at radius 3 is 2.50 bits per heavy atom. The monoisotopic (exact) mass is 307 g/mol. The van der Waals surface area contributed by atoms with E-state index in [2.05, 4.69) is 5.32 Å². The van der Waals surface area contributed by atoms with Crippen LogP contribution in [-0.4, -0.2) is 5.78 Å². The van der Waals surface area contributed by atoms with Gasteiger partial charge in [0.15, 0.2) is 5.78 Å². The van der Waals surface area contributed by atoms with Crippen molar-refractivity contribution in [1.29, 1.82) is 0 Å². The van der Waals surface area contributed by atoms with E-state index in [1.54, 1.807) is 12.3 Å². The predicted molar refractivity (Wildman–Crippen MR) is 92.5 cm³/mol. The number of nitrogens with one attached hydrogen (secondary N) is 1. The molecule has 108 valence electrons. The number of fused-ring (bicyclic) bond motifs is 1. The zero-order valence-corrected chi connectivity index (χ0v) is 12.5. The number of hydrogen-bond donors (Lipinski definition) is 1. The van der Waals surface area contributed by atoms with Crippen LogP contribution in [0.3, 0.4) is 0 Å². The SMILES string of the molecule is O=C(/C=C/Nc1ccccc1Cl)c1cccc2ccccc12. The van der Waals surface area contributed by atoms with Crippen molar-refractivity contribution in [2.75, 3.05) is 5.32 Å². The van der Waals surface area contributed by atoms with Crippen molar-refractivity contribution in [3.8, 4) is 0 Å². The maximum absolute atomic E-state index is 12.4. The number of ketones is 1. The first-order valence-corrected chi connectivity index (χ1v) is 7.33. The van der Waals surface area contributed by atoms with Gasteiger partial charge in [-0.15, -0.1) is 0 Å². The highest BCUT2D eigenvalue weighted by Gasteiger charge is 2.06. The number of anilines is 1. The predicted octanol–water partition coefficient (Wildman–Crippen LogP) is 5.30. The zero-order valence-electron chi connectivity index (χ0n) is 11.8. The Labute approximate surface area is 134 Å². The molecule has 3 heteroatoms. The molecular formula is C19H14ClNO. The summed E-state index contributed by atoms with van der Waals surface area (Å²) in [4.78, 5) is 12.4. The lowest BCUT2D eigenvalue weighted by Gasteiger charge is -2.04. The second kappa shape index (κ2) is 6.46. The number of benzene rings is 3. The van der Waals surface area contributed by atoms with Crippen LogP contribution in [0.2, 0.25) is 5.02 Å². The highest BCUT2D eigenvalue weighted by Crippen LogP contribution is 2.21. The van der Waals surface area contributed by atoms with E-state index in [0.29, 0.717) is 10.6 Å². The van der Waals surface area contributed by atoms with Gasteiger partial charge in [-0.3, -0.25) is 4.79 Å². The zero-order chi connectivity index (χ0) is 15.4. The van der Waals surface area contributed by atoms with E-state index in [-0.39, 0.29) is 5.78 Å². The van der Waals surface area contributed by atoms with Gasteiger partial charge in [0.1, 0.15) is 0 Å². The van der Waals surface area contributed by atoms with Crippen molar-refractivity contribution in [2.45, 2.75) is 0 Å². The second-order valence-corrected chi connectivity index (χ2v) is 5.26. The average Bonchev–Trinajstić information content (AvgIpc) is 2.56. The molecule has 0 fully saturated rings. The Kier molecular flexibility index (Phi) is 4.22. The van der Waals surface area contributed by atoms with Crippen molar-refractivity contribution in [2.24, 2.45) is 0 Å². The summed E-state index contributed by atoms with van der Waals surface area (Å²) in [5.74, 6) is -0.0450. The topological polar surface area (TPSA) is 29.1 Å². The van der Waals surface area contributed by atoms with Crippen molar-refractivity contribution < 1.29 is 4.79 Å². The summed E-state index contributed by atoms with van der Waals surface area (Å²) in [7, 11) is 0. The molecule has 0 aliphatic rings. The van der Waals surface area contributed by atoms with Gasteiger partial charge in [0, 0.05) is 17.8 Å². The van der Waals surface area contributed by atoms with E-state index < -0.39 is 0 Å². The van der Waals surface area contributed by atoms with Crippen LogP contribution < -0.4 is 5.32 Å². The summed E-state index contributed by atoms with van der Waals surface area (Å²) in [6.45, 7) is 0. The van der Waals surface area contributed by atoms with E-state index in [9.17, 15) is 4.79 Å². The largest absolute Gasteiger partial charge is 0.360 e. The minimum atomic E-state index is -0.0450. The van der Waals surface area contributed by atoms with Gasteiger partial charge in [0.2, 0.25) is 0 Å². The molecule has 1 N–H and O–H groups in total. The molecule has 0 aliphatic carbocycles. The van der Waals surface area contributed by atoms with E-state index in [1.165, 1.54) is 6.08 Å². The molecule has 0 saturated heterocycles. The van der Waals surface area contributed by atoms with Gasteiger partial charge in [0.05, 0.1) is 10.7 Å². The van der Waals surface area contributed by atoms with Gasteiger partial charge < -0.3 is 5.32 Å². The van der Waals surface area contributed by atoms with Crippen molar-refractivity contribution in [1.82, 2.24) is 0 Å². The molecule has 3 aromatic carbocycles. The minimum absolute atomic E-state index is 0.0450. The van der Waals surface area contributed by atoms with Crippen LogP contribution in [0.1, 0.15) is 10.4 Å². The molecule has 0 bridgehead atoms. The normalized spacial score (nSPS) is 11.0. The van der Waals surface area contributed by atoms with Gasteiger partial charge in [-0.05, 0) is 22.9 Å². The summed E-state index contributed by atoms with van der Waals surface area (Å²) in [6, 6.07) is 21.0. The standard InChI is InChI=1S/C19H14ClNO/c20-17-10-3-4-11-18(17)21-13-12-19(22)16-9-5-7-14-6-1-2-8-15(14)16/h1-13,21H/b13-12+. The fraction of sp³-hybridized carbons (Fsp3) is 0. The molecule has 0 heterocycles. The average molecular weight is 308 g/mol. The van der Waals surface area contributed by atoms with Gasteiger partial charge in [0.25, 0.3) is 0 Å². The minimum Gasteiger partial charge on any atom is -0.360 e. The van der Waals surface area contributed by atoms with Gasteiger partial charge in [-0.1, -0.05) is 66.2 Å². The molecule has 2 nitrogen and oxygen atoms in total. The van der Waals surface area contributed by atoms with Crippen LogP contribution in [0, 0.1) is 0 Å². The molecule has 0 spiro atoms. The molecule has 0 radical (unpaired) electrons. The van der Waals surface area contributed by atoms with Gasteiger partial charge >= 0.3 is 0 Å². The van der Waals surface area contributed by atoms with Crippen molar-refractivity contribution in [3.05, 3.63) is 89.6 Å². The van der Waals surface area contributed by atoms with Crippen molar-refractivity contribution >= 4 is 33.8 Å². The van der Waals surface area contributed by atoms with E-state index >= 15 is 0 Å². The fourth-order valence-corrected chi connectivity index (χ4v) is 2.51. The molecule has 0 aliphatic heterocycles. The van der Waals surface area contributed by atoms with Crippen LogP contribution in [-0.2, 0) is 0 Å². The number of hydrogen-bond acceptors (Lipinski definition) is 2. The van der Waals surface area contributed by atoms with Crippen LogP contribution in [0.25, 0.3) is 10.8 Å². The lowest BCUT2D eigenvalue weighted by Crippen LogP contribution is -1.97. The first kappa shape index (κ1) is 14.4. The molecule has 22 heavy (non-hydrogen) atoms. The van der Waals surface area contributed by atoms with E-state index in [0.717, 1.165) is 16.5 Å². The van der Waals surface area contributed by atoms with Gasteiger partial charge in [-0.2, -0.15) is 0 Å². The number of rotatable bonds is 4. The first-order chi connectivity index (χ1) is 10.8. The second-order valence-electron chi connectivity index (χ2n) is 4.85.